The summed E-state index contributed by atoms with van der Waals surface area (Å²) in [4.78, 5) is 11.6. The van der Waals surface area contributed by atoms with E-state index in [1.165, 1.54) is 0 Å². The summed E-state index contributed by atoms with van der Waals surface area (Å²) in [7, 11) is 3.14. The number of H-pyrrole nitrogens is 1. The summed E-state index contributed by atoms with van der Waals surface area (Å²) in [6.07, 6.45) is 0.685. The van der Waals surface area contributed by atoms with Crippen molar-refractivity contribution in [2.75, 3.05) is 20.8 Å². The van der Waals surface area contributed by atoms with Gasteiger partial charge in [-0.2, -0.15) is 15.0 Å². The number of ether oxygens (including phenoxy) is 2. The van der Waals surface area contributed by atoms with Crippen molar-refractivity contribution in [3.05, 3.63) is 54.1 Å². The molecule has 2 aromatic carbocycles. The number of hydroxylamine groups is 2. The van der Waals surface area contributed by atoms with Gasteiger partial charge in [0.2, 0.25) is 17.3 Å². The molecule has 3 heterocycles. The summed E-state index contributed by atoms with van der Waals surface area (Å²) in [6.45, 7) is 9.45. The lowest BCUT2D eigenvalue weighted by Gasteiger charge is -2.34. The van der Waals surface area contributed by atoms with E-state index in [0.717, 1.165) is 28.1 Å². The van der Waals surface area contributed by atoms with E-state index in [1.807, 2.05) is 25.1 Å². The number of fused-ring (bicyclic) bond motifs is 1. The maximum absolute atomic E-state index is 6.58. The van der Waals surface area contributed by atoms with Crippen molar-refractivity contribution >= 4 is 17.2 Å². The Bertz CT molecular complexity index is 1480. The van der Waals surface area contributed by atoms with Crippen LogP contribution in [-0.2, 0) is 11.4 Å². The third-order valence-corrected chi connectivity index (χ3v) is 6.49. The minimum atomic E-state index is -0.0501. The average Bonchev–Trinajstić information content (AvgIpc) is 3.56. The van der Waals surface area contributed by atoms with Gasteiger partial charge in [-0.25, -0.2) is 0 Å². The van der Waals surface area contributed by atoms with E-state index < -0.39 is 0 Å². The number of aromatic nitrogens is 6. The van der Waals surface area contributed by atoms with E-state index in [4.69, 9.17) is 19.3 Å². The molecule has 4 aromatic rings. The van der Waals surface area contributed by atoms with Crippen molar-refractivity contribution in [1.82, 2.24) is 35.5 Å². The maximum Gasteiger partial charge on any atom is 0.302 e. The molecule has 1 aliphatic rings. The van der Waals surface area contributed by atoms with Gasteiger partial charge in [-0.1, -0.05) is 73.9 Å². The molecule has 0 radical (unpaired) electrons. The number of hydrogen-bond donors (Lipinski definition) is 1. The Labute approximate surface area is 227 Å². The monoisotopic (exact) mass is 529 g/mol. The van der Waals surface area contributed by atoms with Crippen LogP contribution >= 0.6 is 0 Å². The zero-order valence-corrected chi connectivity index (χ0v) is 23.1. The Morgan fingerprint density at radius 2 is 1.56 bits per heavy atom. The smallest absolute Gasteiger partial charge is 0.302 e. The molecule has 11 nitrogen and oxygen atoms in total. The zero-order chi connectivity index (χ0) is 27.6. The van der Waals surface area contributed by atoms with Crippen molar-refractivity contribution in [3.8, 4) is 34.3 Å². The third kappa shape index (κ3) is 4.98. The van der Waals surface area contributed by atoms with Crippen LogP contribution in [0, 0.1) is 5.41 Å². The Morgan fingerprint density at radius 3 is 2.18 bits per heavy atom. The van der Waals surface area contributed by atoms with Gasteiger partial charge in [-0.15, -0.1) is 20.4 Å². The van der Waals surface area contributed by atoms with Gasteiger partial charge in [-0.05, 0) is 28.7 Å². The Hall–Kier alpha value is -4.22. The number of nitrogens with one attached hydrogen (secondary N) is 1. The van der Waals surface area contributed by atoms with Gasteiger partial charge in [0, 0.05) is 11.1 Å². The molecule has 0 aliphatic carbocycles. The molecular formula is C28H33N8O3+. The molecule has 2 aromatic heterocycles. The van der Waals surface area contributed by atoms with Crippen LogP contribution in [0.4, 0.5) is 11.4 Å². The second-order valence-electron chi connectivity index (χ2n) is 10.5. The first kappa shape index (κ1) is 26.4. The molecule has 1 aliphatic heterocycles. The number of nitrogens with zero attached hydrogens (tertiary/aromatic N) is 7. The molecule has 1 unspecified atom stereocenters. The van der Waals surface area contributed by atoms with E-state index in [9.17, 15) is 0 Å². The number of hydrogen-bond acceptors (Lipinski definition) is 9. The predicted octanol–water partition coefficient (Wildman–Crippen LogP) is 5.28. The molecule has 11 heteroatoms. The van der Waals surface area contributed by atoms with Gasteiger partial charge in [0.15, 0.2) is 0 Å². The average molecular weight is 530 g/mol. The van der Waals surface area contributed by atoms with Gasteiger partial charge < -0.3 is 9.47 Å². The summed E-state index contributed by atoms with van der Waals surface area (Å²) < 4.78 is 11.3. The van der Waals surface area contributed by atoms with Crippen molar-refractivity contribution in [1.29, 1.82) is 0 Å². The summed E-state index contributed by atoms with van der Waals surface area (Å²) in [5.74, 6) is 2.09. The largest absolute Gasteiger partial charge is 0.478 e. The highest BCUT2D eigenvalue weighted by molar-refractivity contribution is 6.03. The Balaban J connectivity index is 1.58. The Kier molecular flexibility index (Phi) is 7.11. The fourth-order valence-electron chi connectivity index (χ4n) is 4.90. The summed E-state index contributed by atoms with van der Waals surface area (Å²) in [5.41, 5.74) is 5.24. The fourth-order valence-corrected chi connectivity index (χ4v) is 4.90. The zero-order valence-electron chi connectivity index (χ0n) is 23.1. The fraction of sp³-hybridized carbons (Fsp3) is 0.357. The van der Waals surface area contributed by atoms with Crippen molar-refractivity contribution < 1.29 is 14.3 Å². The highest BCUT2D eigenvalue weighted by Gasteiger charge is 2.52. The second kappa shape index (κ2) is 10.5. The minimum absolute atomic E-state index is 0.0248. The van der Waals surface area contributed by atoms with Crippen LogP contribution in [0.2, 0.25) is 0 Å². The topological polar surface area (TPSA) is 120 Å². The highest BCUT2D eigenvalue weighted by atomic mass is 16.7. The Morgan fingerprint density at radius 1 is 0.872 bits per heavy atom. The molecule has 202 valence electrons. The first-order valence-electron chi connectivity index (χ1n) is 12.8. The predicted molar refractivity (Wildman–Crippen MR) is 148 cm³/mol. The first-order valence-corrected chi connectivity index (χ1v) is 12.8. The number of aliphatic imine (C=N–C) groups is 1. The number of benzene rings is 2. The van der Waals surface area contributed by atoms with Crippen LogP contribution in [0.1, 0.15) is 39.7 Å². The van der Waals surface area contributed by atoms with Gasteiger partial charge in [0.1, 0.15) is 13.2 Å². The third-order valence-electron chi connectivity index (χ3n) is 6.49. The quantitative estimate of drug-likeness (QED) is 0.291. The number of rotatable bonds is 9. The lowest BCUT2D eigenvalue weighted by molar-refractivity contribution is -0.0927. The molecule has 39 heavy (non-hydrogen) atoms. The minimum Gasteiger partial charge on any atom is -0.478 e. The molecule has 0 amide bonds. The van der Waals surface area contributed by atoms with E-state index in [1.54, 1.807) is 14.2 Å². The van der Waals surface area contributed by atoms with Crippen LogP contribution in [-0.4, -0.2) is 57.5 Å². The number of aromatic amines is 1. The lowest BCUT2D eigenvalue weighted by Crippen LogP contribution is -2.52. The standard InChI is InChI=1S/C28H33N8O3/c1-7-39-36(22(16-28(2,3)4)29-23-24(36)27(38-6)33-32-26(23)37-5)17-18-12-14-19(15-13-18)20-10-8-9-11-21(20)25-30-34-35-31-25/h8-15H,7,16-17H2,1-6H3,(H,30,31,34,35)/q+1. The van der Waals surface area contributed by atoms with Gasteiger partial charge in [-0.3, -0.25) is 0 Å². The number of tetrazole rings is 1. The highest BCUT2D eigenvalue weighted by Crippen LogP contribution is 2.52. The van der Waals surface area contributed by atoms with E-state index in [0.29, 0.717) is 48.5 Å². The first-order chi connectivity index (χ1) is 18.8. The number of amidine groups is 1. The van der Waals surface area contributed by atoms with Crippen LogP contribution in [0.25, 0.3) is 22.5 Å². The maximum atomic E-state index is 6.58. The van der Waals surface area contributed by atoms with E-state index >= 15 is 0 Å². The van der Waals surface area contributed by atoms with E-state index in [-0.39, 0.29) is 10.1 Å². The molecule has 0 saturated carbocycles. The van der Waals surface area contributed by atoms with Crippen LogP contribution in [0.5, 0.6) is 11.8 Å². The molecule has 1 atom stereocenters. The summed E-state index contributed by atoms with van der Waals surface area (Å²) >= 11 is 0. The van der Waals surface area contributed by atoms with Crippen LogP contribution in [0.15, 0.2) is 53.5 Å². The van der Waals surface area contributed by atoms with Gasteiger partial charge in [0.25, 0.3) is 11.6 Å². The molecule has 0 saturated heterocycles. The lowest BCUT2D eigenvalue weighted by atomic mass is 9.91. The van der Waals surface area contributed by atoms with Crippen molar-refractivity contribution in [2.24, 2.45) is 10.4 Å². The van der Waals surface area contributed by atoms with Crippen molar-refractivity contribution in [2.45, 2.75) is 40.7 Å². The number of methoxy groups -OCH3 is 2. The SMILES string of the molecule is CCO[N+]1(Cc2ccc(-c3ccccc3-c3nn[nH]n3)cc2)C(CC(C)(C)C)=Nc2c(OC)nnc(OC)c21. The molecule has 0 spiro atoms. The molecule has 0 fully saturated rings. The van der Waals surface area contributed by atoms with Crippen LogP contribution < -0.4 is 14.1 Å². The summed E-state index contributed by atoms with van der Waals surface area (Å²) in [5, 5.41) is 23.1. The number of quaternary nitrogens is 1. The van der Waals surface area contributed by atoms with Gasteiger partial charge in [0.05, 0.1) is 20.6 Å². The summed E-state index contributed by atoms with van der Waals surface area (Å²) in [6, 6.07) is 16.4. The molecule has 5 rings (SSSR count). The van der Waals surface area contributed by atoms with Crippen molar-refractivity contribution in [3.63, 3.8) is 0 Å². The van der Waals surface area contributed by atoms with Gasteiger partial charge >= 0.3 is 5.88 Å². The molecule has 1 N–H and O–H groups in total. The van der Waals surface area contributed by atoms with Crippen LogP contribution in [0.3, 0.4) is 0 Å². The molecular weight excluding hydrogens is 496 g/mol. The normalized spacial score (nSPS) is 16.6. The van der Waals surface area contributed by atoms with E-state index in [2.05, 4.69) is 81.9 Å². The second-order valence-corrected chi connectivity index (χ2v) is 10.5. The molecule has 0 bridgehead atoms.